The lowest BCUT2D eigenvalue weighted by Gasteiger charge is -2.71. The largest absolute Gasteiger partial charge is 0.490 e. The highest BCUT2D eigenvalue weighted by Crippen LogP contribution is 2.75. The van der Waals surface area contributed by atoms with Crippen LogP contribution in [0.4, 0.5) is 0 Å². The molecule has 5 nitrogen and oxygen atoms in total. The normalized spacial score (nSPS) is 38.1. The fraction of sp³-hybridized carbons (Fsp3) is 0.562. The van der Waals surface area contributed by atoms with Gasteiger partial charge in [-0.1, -0.05) is 61.9 Å². The maximum atomic E-state index is 12.6. The third kappa shape index (κ3) is 2.91. The summed E-state index contributed by atoms with van der Waals surface area (Å²) in [7, 11) is 2.24. The maximum absolute atomic E-state index is 12.6. The first kappa shape index (κ1) is 23.8. The molecule has 2 fully saturated rings. The Balaban J connectivity index is 1.38. The van der Waals surface area contributed by atoms with Gasteiger partial charge in [-0.25, -0.2) is 0 Å². The lowest BCUT2D eigenvalue weighted by molar-refractivity contribution is -0.237. The van der Waals surface area contributed by atoms with Gasteiger partial charge in [-0.2, -0.15) is 0 Å². The van der Waals surface area contributed by atoms with Gasteiger partial charge in [0, 0.05) is 29.4 Å². The van der Waals surface area contributed by atoms with Crippen LogP contribution in [0.25, 0.3) is 0 Å². The lowest BCUT2D eigenvalue weighted by Crippen LogP contribution is -2.80. The van der Waals surface area contributed by atoms with Gasteiger partial charge in [-0.05, 0) is 63.4 Å². The van der Waals surface area contributed by atoms with E-state index in [4.69, 9.17) is 9.47 Å². The first-order valence-corrected chi connectivity index (χ1v) is 14.1. The van der Waals surface area contributed by atoms with Crippen LogP contribution >= 0.6 is 0 Å². The molecule has 7 atom stereocenters. The predicted octanol–water partition coefficient (Wildman–Crippen LogP) is 4.43. The van der Waals surface area contributed by atoms with Crippen molar-refractivity contribution in [1.29, 1.82) is 0 Å². The molecule has 2 spiro atoms. The number of hydrogen-bond donors (Lipinski definition) is 2. The van der Waals surface area contributed by atoms with Crippen molar-refractivity contribution in [2.45, 2.75) is 81.1 Å². The van der Waals surface area contributed by atoms with Crippen molar-refractivity contribution in [2.24, 2.45) is 11.3 Å². The van der Waals surface area contributed by atoms with Gasteiger partial charge in [0.05, 0.1) is 17.6 Å². The molecule has 2 aromatic carbocycles. The number of nitrogens with zero attached hydrogens (tertiary/aromatic N) is 1. The zero-order chi connectivity index (χ0) is 25.6. The molecule has 8 rings (SSSR count). The monoisotopic (exact) mass is 501 g/mol. The van der Waals surface area contributed by atoms with Gasteiger partial charge in [-0.15, -0.1) is 0 Å². The molecule has 37 heavy (non-hydrogen) atoms. The van der Waals surface area contributed by atoms with E-state index >= 15 is 0 Å². The van der Waals surface area contributed by atoms with Crippen LogP contribution in [-0.2, 0) is 18.3 Å². The molecule has 4 bridgehead atoms. The number of rotatable bonds is 7. The highest BCUT2D eigenvalue weighted by atomic mass is 16.5. The Labute approximate surface area is 220 Å². The Bertz CT molecular complexity index is 1260. The van der Waals surface area contributed by atoms with Gasteiger partial charge < -0.3 is 24.6 Å². The van der Waals surface area contributed by atoms with Gasteiger partial charge >= 0.3 is 0 Å². The van der Waals surface area contributed by atoms with E-state index < -0.39 is 17.3 Å². The summed E-state index contributed by atoms with van der Waals surface area (Å²) in [6, 6.07) is 14.8. The van der Waals surface area contributed by atoms with Gasteiger partial charge in [0.2, 0.25) is 0 Å². The first-order chi connectivity index (χ1) is 17.8. The van der Waals surface area contributed by atoms with Gasteiger partial charge in [-0.3, -0.25) is 0 Å². The molecular formula is C32H39NO4. The van der Waals surface area contributed by atoms with Crippen LogP contribution in [0.15, 0.2) is 54.6 Å². The standard InChI is InChI=1S/C32H39NO4/c1-4-5-17-36-23-12-11-22-18-25-30-13-14-32(35,24(20-30)29(2,34)19-21-9-7-6-8-10-21)28-31(30,15-16-33(25)3)26(22)27(23)37-28/h6-14,24-25,28,34-35H,4-5,15-20H2,1-3H3/t24-,25-,28-,29-,30-,31+,32-/m1/s1. The van der Waals surface area contributed by atoms with Crippen LogP contribution in [-0.4, -0.2) is 58.7 Å². The number of hydrogen-bond acceptors (Lipinski definition) is 5. The van der Waals surface area contributed by atoms with Gasteiger partial charge in [0.25, 0.3) is 0 Å². The minimum absolute atomic E-state index is 0.208. The summed E-state index contributed by atoms with van der Waals surface area (Å²) in [5.41, 5.74) is 0.815. The van der Waals surface area contributed by atoms with E-state index in [9.17, 15) is 10.2 Å². The molecule has 196 valence electrons. The van der Waals surface area contributed by atoms with Crippen molar-refractivity contribution in [3.05, 3.63) is 71.3 Å². The molecule has 2 N–H and O–H groups in total. The van der Waals surface area contributed by atoms with E-state index in [0.717, 1.165) is 55.7 Å². The molecule has 1 saturated carbocycles. The summed E-state index contributed by atoms with van der Waals surface area (Å²) in [5.74, 6) is 1.30. The molecule has 1 saturated heterocycles. The van der Waals surface area contributed by atoms with E-state index in [2.05, 4.69) is 49.2 Å². The quantitative estimate of drug-likeness (QED) is 0.434. The van der Waals surface area contributed by atoms with E-state index in [1.165, 1.54) is 11.1 Å². The van der Waals surface area contributed by atoms with Crippen molar-refractivity contribution in [3.63, 3.8) is 0 Å². The van der Waals surface area contributed by atoms with Crippen molar-refractivity contribution in [3.8, 4) is 11.5 Å². The maximum Gasteiger partial charge on any atom is 0.166 e. The Morgan fingerprint density at radius 1 is 1.16 bits per heavy atom. The third-order valence-electron chi connectivity index (χ3n) is 10.6. The molecule has 0 aromatic heterocycles. The van der Waals surface area contributed by atoms with Crippen LogP contribution in [0, 0.1) is 11.3 Å². The summed E-state index contributed by atoms with van der Waals surface area (Å²) in [5, 5.41) is 24.7. The lowest BCUT2D eigenvalue weighted by atomic mass is 9.36. The van der Waals surface area contributed by atoms with Crippen molar-refractivity contribution in [1.82, 2.24) is 4.90 Å². The molecule has 0 unspecified atom stereocenters. The van der Waals surface area contributed by atoms with Gasteiger partial charge in [0.15, 0.2) is 11.5 Å². The average Bonchev–Trinajstić information content (AvgIpc) is 3.25. The first-order valence-electron chi connectivity index (χ1n) is 14.1. The third-order valence-corrected chi connectivity index (χ3v) is 10.6. The molecule has 5 heteroatoms. The number of ether oxygens (including phenoxy) is 2. The number of benzene rings is 2. The second kappa shape index (κ2) is 7.84. The fourth-order valence-corrected chi connectivity index (χ4v) is 9.04. The van der Waals surface area contributed by atoms with Gasteiger partial charge in [0.1, 0.15) is 11.7 Å². The summed E-state index contributed by atoms with van der Waals surface area (Å²) in [6.07, 6.45) is 9.08. The topological polar surface area (TPSA) is 62.2 Å². The molecule has 6 aliphatic rings. The highest BCUT2D eigenvalue weighted by Gasteiger charge is 2.79. The van der Waals surface area contributed by atoms with Crippen LogP contribution < -0.4 is 9.47 Å². The Morgan fingerprint density at radius 3 is 2.76 bits per heavy atom. The average molecular weight is 502 g/mol. The number of likely N-dealkylation sites (N-methyl/N-ethyl adjacent to an activating group) is 1. The molecule has 0 amide bonds. The molecule has 2 aliphatic heterocycles. The number of fused-ring (bicyclic) bond motifs is 1. The molecule has 2 aromatic rings. The molecular weight excluding hydrogens is 462 g/mol. The van der Waals surface area contributed by atoms with Crippen LogP contribution in [0.2, 0.25) is 0 Å². The smallest absolute Gasteiger partial charge is 0.166 e. The fourth-order valence-electron chi connectivity index (χ4n) is 9.04. The molecule has 0 radical (unpaired) electrons. The van der Waals surface area contributed by atoms with Crippen LogP contribution in [0.3, 0.4) is 0 Å². The zero-order valence-electron chi connectivity index (χ0n) is 22.2. The van der Waals surface area contributed by atoms with Crippen molar-refractivity contribution < 1.29 is 19.7 Å². The summed E-state index contributed by atoms with van der Waals surface area (Å²) in [6.45, 7) is 5.72. The summed E-state index contributed by atoms with van der Waals surface area (Å²) in [4.78, 5) is 2.51. The van der Waals surface area contributed by atoms with Crippen LogP contribution in [0.1, 0.15) is 56.2 Å². The Morgan fingerprint density at radius 2 is 1.97 bits per heavy atom. The zero-order valence-corrected chi connectivity index (χ0v) is 22.2. The van der Waals surface area contributed by atoms with E-state index in [1.807, 2.05) is 31.2 Å². The Kier molecular flexibility index (Phi) is 5.04. The van der Waals surface area contributed by atoms with Crippen LogP contribution in [0.5, 0.6) is 11.5 Å². The second-order valence-electron chi connectivity index (χ2n) is 12.6. The number of piperidine rings is 1. The van der Waals surface area contributed by atoms with E-state index in [1.54, 1.807) is 0 Å². The minimum Gasteiger partial charge on any atom is -0.490 e. The number of unbranched alkanes of at least 4 members (excludes halogenated alkanes) is 1. The molecule has 2 heterocycles. The number of aliphatic hydroxyl groups is 2. The van der Waals surface area contributed by atoms with Crippen molar-refractivity contribution in [2.75, 3.05) is 20.2 Å². The number of likely N-dealkylation sites (tertiary alicyclic amines) is 1. The SMILES string of the molecule is CCCCOc1ccc2c3c1O[C@H]1[C@@]4(O)C=C[C@@]5(C[C@@H]4[C@](C)(O)Cc4ccccc4)[C@@H](C2)N(C)CC[C@]315. The Hall–Kier alpha value is -2.34. The summed E-state index contributed by atoms with van der Waals surface area (Å²) < 4.78 is 13.2. The van der Waals surface area contributed by atoms with Crippen molar-refractivity contribution >= 4 is 0 Å². The highest BCUT2D eigenvalue weighted by molar-refractivity contribution is 5.65. The minimum atomic E-state index is -1.27. The predicted molar refractivity (Wildman–Crippen MR) is 143 cm³/mol. The van der Waals surface area contributed by atoms with E-state index in [-0.39, 0.29) is 16.7 Å². The van der Waals surface area contributed by atoms with E-state index in [0.29, 0.717) is 19.1 Å². The summed E-state index contributed by atoms with van der Waals surface area (Å²) >= 11 is 0. The second-order valence-corrected chi connectivity index (χ2v) is 12.6. The molecule has 4 aliphatic carbocycles.